The van der Waals surface area contributed by atoms with Crippen molar-refractivity contribution < 1.29 is 75.4 Å². The number of aromatic hydroxyl groups is 1. The van der Waals surface area contributed by atoms with Gasteiger partial charge in [-0.3, -0.25) is 34.1 Å². The molecule has 6 heterocycles. The van der Waals surface area contributed by atoms with Gasteiger partial charge in [0.25, 0.3) is 35.4 Å². The lowest BCUT2D eigenvalue weighted by Gasteiger charge is -2.31. The van der Waals surface area contributed by atoms with Gasteiger partial charge in [-0.05, 0) is 81.9 Å². The lowest BCUT2D eigenvalue weighted by atomic mass is 9.89. The van der Waals surface area contributed by atoms with Gasteiger partial charge in [0.15, 0.2) is 16.6 Å². The van der Waals surface area contributed by atoms with Crippen LogP contribution in [0, 0.1) is 0 Å². The van der Waals surface area contributed by atoms with Crippen LogP contribution in [-0.2, 0) is 60.1 Å². The fraction of sp³-hybridized carbons (Fsp3) is 0.338. The van der Waals surface area contributed by atoms with Gasteiger partial charge in [0.2, 0.25) is 0 Å². The summed E-state index contributed by atoms with van der Waals surface area (Å²) < 4.78 is 64.7. The van der Waals surface area contributed by atoms with E-state index < -0.39 is 82.7 Å². The number of carbonyl (C=O) groups excluding carboxylic acids is 9. The molecule has 0 aliphatic carbocycles. The number of hydrogen-bond acceptors (Lipinski definition) is 14. The van der Waals surface area contributed by atoms with Crippen molar-refractivity contribution in [1.82, 2.24) is 45.8 Å². The summed E-state index contributed by atoms with van der Waals surface area (Å²) in [5.74, 6) is -2.40. The van der Waals surface area contributed by atoms with Gasteiger partial charge in [-0.25, -0.2) is 24.2 Å². The van der Waals surface area contributed by atoms with Crippen molar-refractivity contribution in [2.24, 2.45) is 0 Å². The number of amides is 12. The summed E-state index contributed by atoms with van der Waals surface area (Å²) in [5.41, 5.74) is 0.519. The molecule has 0 spiro atoms. The van der Waals surface area contributed by atoms with E-state index in [1.165, 1.54) is 51.1 Å². The maximum absolute atomic E-state index is 13.8. The van der Waals surface area contributed by atoms with Gasteiger partial charge >= 0.3 is 18.1 Å². The summed E-state index contributed by atoms with van der Waals surface area (Å²) in [4.78, 5) is 124. The lowest BCUT2D eigenvalue weighted by molar-refractivity contribution is -0.136. The van der Waals surface area contributed by atoms with E-state index >= 15 is 0 Å². The minimum absolute atomic E-state index is 0.00797. The Bertz CT molecular complexity index is 4130. The highest BCUT2D eigenvalue weighted by molar-refractivity contribution is 6.76. The molecular weight excluding hydrogens is 1220 g/mol. The largest absolute Gasteiger partial charge is 0.508 e. The van der Waals surface area contributed by atoms with Crippen LogP contribution in [0.1, 0.15) is 72.7 Å². The molecule has 6 aromatic rings. The van der Waals surface area contributed by atoms with E-state index in [1.54, 1.807) is 103 Å². The second kappa shape index (κ2) is 26.9. The zero-order chi connectivity index (χ0) is 71.6. The van der Waals surface area contributed by atoms with Gasteiger partial charge in [-0.1, -0.05) is 148 Å². The highest BCUT2D eigenvalue weighted by Gasteiger charge is 2.57. The third-order valence-electron chi connectivity index (χ3n) is 16.9. The Morgan fingerprint density at radius 3 is 1.20 bits per heavy atom. The SMILES string of the molecule is C[Si](C)(C)CCOCN1C(=O)N[C@@](CN2Cc3ccc(O)cc3C2=O)(c2ccccc2)C1=O.[2H]C([2H])([2H])Oc1ccc2c(c1)C(=O)N(C[C@@]1(c3ccccc3)NC(=O)N(COCC[Si](C)(C)C)C1=O)C2.[2H]C([2H])([2H])Oc1ccc2c(c1)C(=O)N(C[C@@]1(c3ccccc3)NC(=O)NC1=O)C2. The van der Waals surface area contributed by atoms with Crippen LogP contribution >= 0.6 is 0 Å². The first-order valence-electron chi connectivity index (χ1n) is 33.2. The van der Waals surface area contributed by atoms with Crippen molar-refractivity contribution in [1.29, 1.82) is 0 Å². The smallest absolute Gasteiger partial charge is 0.327 e. The number of benzene rings is 6. The number of nitrogens with zero attached hydrogens (tertiary/aromatic N) is 5. The Hall–Kier alpha value is -9.70. The third kappa shape index (κ3) is 13.9. The molecule has 3 atom stereocenters. The van der Waals surface area contributed by atoms with E-state index in [1.807, 2.05) is 6.07 Å². The molecule has 25 heteroatoms. The molecule has 12 rings (SSSR count). The predicted octanol–water partition coefficient (Wildman–Crippen LogP) is 7.90. The van der Waals surface area contributed by atoms with Crippen LogP contribution in [0.2, 0.25) is 51.4 Å². The van der Waals surface area contributed by atoms with Crippen LogP contribution in [0.5, 0.6) is 17.2 Å². The van der Waals surface area contributed by atoms with E-state index in [2.05, 4.69) is 60.5 Å². The number of rotatable bonds is 21. The number of phenolic OH excluding ortho intramolecular Hbond substituents is 1. The van der Waals surface area contributed by atoms with Gasteiger partial charge < -0.3 is 54.7 Å². The summed E-state index contributed by atoms with van der Waals surface area (Å²) >= 11 is 0. The summed E-state index contributed by atoms with van der Waals surface area (Å²) in [7, 11) is -7.92. The Morgan fingerprint density at radius 1 is 0.473 bits per heavy atom. The lowest BCUT2D eigenvalue weighted by Crippen LogP contribution is -2.53. The number of imide groups is 3. The molecule has 3 saturated heterocycles. The molecule has 5 N–H and O–H groups in total. The Balaban J connectivity index is 0.000000162. The quantitative estimate of drug-likeness (QED) is 0.0260. The standard InChI is InChI=1S/C25H31N3O5Si.C24H29N3O5Si.C19H17N3O4/c1-32-20-11-10-18-15-27(22(29)21(18)14-20)16-25(19-8-6-5-7-9-19)23(30)28(24(31)26-25)17-33-12-13-34(2,3)4;1-33(2,3)12-11-32-16-27-22(30)24(25-23(27)31,18-7-5-4-6-8-18)15-26-14-17-9-10-19(28)13-20(17)21(26)29;1-26-14-8-7-12-10-22(16(23)15(12)9-14)11-19(13-5-3-2-4-6-13)17(24)20-18(25)21-19/h5-11,14H,12-13,15-17H2,1-4H3,(H,26,31);4-10,13,28H,11-12,14-16H2,1-3H3,(H,25,31);2-9H,10-11H2,1H3,(H2,20,21,24,25)/t25-;24-;19-/m000/s1/i1D3;;1D3. The molecule has 0 bridgehead atoms. The number of phenols is 1. The number of methoxy groups -OCH3 is 2. The number of nitrogens with one attached hydrogen (secondary N) is 4. The van der Waals surface area contributed by atoms with Gasteiger partial charge in [0.1, 0.15) is 30.7 Å². The summed E-state index contributed by atoms with van der Waals surface area (Å²) in [5, 5.41) is 20.4. The number of urea groups is 3. The van der Waals surface area contributed by atoms with Crippen LogP contribution in [0.15, 0.2) is 146 Å². The molecule has 486 valence electrons. The van der Waals surface area contributed by atoms with Crippen LogP contribution < -0.4 is 30.7 Å². The molecule has 6 aliphatic rings. The van der Waals surface area contributed by atoms with Crippen molar-refractivity contribution in [3.05, 3.63) is 196 Å². The zero-order valence-corrected chi connectivity index (χ0v) is 54.3. The van der Waals surface area contributed by atoms with Crippen molar-refractivity contribution in [2.75, 3.05) is 60.4 Å². The summed E-state index contributed by atoms with van der Waals surface area (Å²) in [6.45, 7) is 14.5. The highest BCUT2D eigenvalue weighted by Crippen LogP contribution is 2.38. The maximum Gasteiger partial charge on any atom is 0.327 e. The highest BCUT2D eigenvalue weighted by atomic mass is 28.3. The molecule has 3 fully saturated rings. The van der Waals surface area contributed by atoms with E-state index in [4.69, 9.17) is 27.2 Å². The zero-order valence-electron chi connectivity index (χ0n) is 58.3. The van der Waals surface area contributed by atoms with Crippen LogP contribution in [0.4, 0.5) is 14.4 Å². The molecule has 23 nitrogen and oxygen atoms in total. The fourth-order valence-corrected chi connectivity index (χ4v) is 13.3. The van der Waals surface area contributed by atoms with E-state index in [0.717, 1.165) is 27.5 Å². The second-order valence-corrected chi connectivity index (χ2v) is 37.2. The van der Waals surface area contributed by atoms with Gasteiger partial charge in [0, 0.05) is 65.7 Å². The van der Waals surface area contributed by atoms with Crippen LogP contribution in [-0.4, -0.2) is 160 Å². The summed E-state index contributed by atoms with van der Waals surface area (Å²) in [6, 6.07) is 40.2. The average molecular weight is 1310 g/mol. The Kier molecular flexibility index (Phi) is 16.9. The average Bonchev–Trinajstić information content (AvgIpc) is 1.59. The predicted molar refractivity (Wildman–Crippen MR) is 348 cm³/mol. The molecule has 0 unspecified atom stereocenters. The van der Waals surface area contributed by atoms with E-state index in [-0.39, 0.29) is 81.2 Å². The molecule has 0 aromatic heterocycles. The monoisotopic (exact) mass is 1310 g/mol. The normalized spacial score (nSPS) is 21.8. The van der Waals surface area contributed by atoms with Crippen LogP contribution in [0.3, 0.4) is 0 Å². The Morgan fingerprint density at radius 2 is 0.839 bits per heavy atom. The molecule has 6 aromatic carbocycles. The molecule has 0 saturated carbocycles. The number of ether oxygens (including phenoxy) is 4. The van der Waals surface area contributed by atoms with Crippen molar-refractivity contribution in [3.63, 3.8) is 0 Å². The first kappa shape index (κ1) is 58.4. The number of hydrogen-bond donors (Lipinski definition) is 5. The molecule has 0 radical (unpaired) electrons. The Labute approximate surface area is 549 Å². The molecule has 6 aliphatic heterocycles. The first-order valence-corrected chi connectivity index (χ1v) is 37.6. The van der Waals surface area contributed by atoms with E-state index in [0.29, 0.717) is 64.3 Å². The molecule has 93 heavy (non-hydrogen) atoms. The van der Waals surface area contributed by atoms with E-state index in [9.17, 15) is 48.3 Å². The van der Waals surface area contributed by atoms with Crippen molar-refractivity contribution in [3.8, 4) is 17.2 Å². The third-order valence-corrected chi connectivity index (χ3v) is 20.3. The van der Waals surface area contributed by atoms with Crippen LogP contribution in [0.25, 0.3) is 0 Å². The number of carbonyl (C=O) groups is 9. The fourth-order valence-electron chi connectivity index (χ4n) is 11.8. The maximum atomic E-state index is 13.8. The minimum atomic E-state index is -2.64. The first-order chi connectivity index (χ1) is 46.6. The topological polar surface area (TPSA) is 275 Å². The van der Waals surface area contributed by atoms with Crippen molar-refractivity contribution >= 4 is 69.7 Å². The number of fused-ring (bicyclic) bond motifs is 3. The van der Waals surface area contributed by atoms with Gasteiger partial charge in [0.05, 0.1) is 41.9 Å². The van der Waals surface area contributed by atoms with Gasteiger partial charge in [-0.2, -0.15) is 0 Å². The minimum Gasteiger partial charge on any atom is -0.508 e. The van der Waals surface area contributed by atoms with Crippen molar-refractivity contribution in [2.45, 2.75) is 87.6 Å². The van der Waals surface area contributed by atoms with Gasteiger partial charge in [-0.15, -0.1) is 0 Å². The molecular formula is C68H77N9O14Si2. The summed E-state index contributed by atoms with van der Waals surface area (Å²) in [6.07, 6.45) is 0. The molecule has 12 amide bonds. The second-order valence-electron chi connectivity index (χ2n) is 25.9.